The number of methoxy groups -OCH3 is 1. The topological polar surface area (TPSA) is 102 Å². The van der Waals surface area contributed by atoms with Crippen LogP contribution in [0.4, 0.5) is 0 Å². The number of hydrogen-bond donors (Lipinski definition) is 3. The van der Waals surface area contributed by atoms with Gasteiger partial charge in [-0.3, -0.25) is 4.79 Å². The predicted octanol–water partition coefficient (Wildman–Crippen LogP) is 0.0763. The van der Waals surface area contributed by atoms with Gasteiger partial charge in [-0.2, -0.15) is 0 Å². The Labute approximate surface area is 111 Å². The standard InChI is InChI=1S/C13H18N2O4/c1-13(12(17)18,9-6-4-3-5-7-9)15-11(16)10(8-14)19-2/h3-7,10H,8,14H2,1-2H3,(H,15,16)(H,17,18). The van der Waals surface area contributed by atoms with Crippen LogP contribution in [0, 0.1) is 0 Å². The first-order valence-electron chi connectivity index (χ1n) is 5.79. The number of aliphatic carboxylic acids is 1. The monoisotopic (exact) mass is 266 g/mol. The van der Waals surface area contributed by atoms with E-state index in [1.54, 1.807) is 30.3 Å². The Balaban J connectivity index is 3.02. The Kier molecular flexibility index (Phi) is 5.02. The van der Waals surface area contributed by atoms with E-state index in [2.05, 4.69) is 5.32 Å². The van der Waals surface area contributed by atoms with Gasteiger partial charge in [-0.1, -0.05) is 30.3 Å². The quantitative estimate of drug-likeness (QED) is 0.676. The maximum absolute atomic E-state index is 11.9. The Morgan fingerprint density at radius 1 is 1.42 bits per heavy atom. The largest absolute Gasteiger partial charge is 0.479 e. The number of carbonyl (C=O) groups is 2. The molecule has 0 fully saturated rings. The summed E-state index contributed by atoms with van der Waals surface area (Å²) in [4.78, 5) is 23.4. The van der Waals surface area contributed by atoms with Crippen LogP contribution in [0.25, 0.3) is 0 Å². The lowest BCUT2D eigenvalue weighted by atomic mass is 9.92. The highest BCUT2D eigenvalue weighted by Gasteiger charge is 2.38. The molecule has 6 nitrogen and oxygen atoms in total. The van der Waals surface area contributed by atoms with Crippen molar-refractivity contribution in [2.75, 3.05) is 13.7 Å². The van der Waals surface area contributed by atoms with Gasteiger partial charge in [0.05, 0.1) is 0 Å². The summed E-state index contributed by atoms with van der Waals surface area (Å²) in [5.41, 5.74) is 4.34. The number of carbonyl (C=O) groups excluding carboxylic acids is 1. The lowest BCUT2D eigenvalue weighted by Crippen LogP contribution is -2.54. The molecule has 104 valence electrons. The van der Waals surface area contributed by atoms with Gasteiger partial charge in [0.1, 0.15) is 6.10 Å². The molecule has 1 aromatic rings. The van der Waals surface area contributed by atoms with Crippen molar-refractivity contribution in [3.8, 4) is 0 Å². The zero-order chi connectivity index (χ0) is 14.5. The number of benzene rings is 1. The van der Waals surface area contributed by atoms with Crippen LogP contribution in [0.2, 0.25) is 0 Å². The first-order chi connectivity index (χ1) is 8.95. The van der Waals surface area contributed by atoms with Gasteiger partial charge in [-0.05, 0) is 12.5 Å². The number of ether oxygens (including phenoxy) is 1. The summed E-state index contributed by atoms with van der Waals surface area (Å²) >= 11 is 0. The van der Waals surface area contributed by atoms with Crippen molar-refractivity contribution in [2.45, 2.75) is 18.6 Å². The van der Waals surface area contributed by atoms with Gasteiger partial charge in [0.2, 0.25) is 0 Å². The Morgan fingerprint density at radius 3 is 2.42 bits per heavy atom. The second-order valence-electron chi connectivity index (χ2n) is 4.25. The van der Waals surface area contributed by atoms with Gasteiger partial charge >= 0.3 is 5.97 Å². The molecule has 2 unspecified atom stereocenters. The summed E-state index contributed by atoms with van der Waals surface area (Å²) in [5.74, 6) is -1.71. The number of amides is 1. The van der Waals surface area contributed by atoms with E-state index in [0.29, 0.717) is 5.56 Å². The molecule has 1 rings (SSSR count). The summed E-state index contributed by atoms with van der Waals surface area (Å²) < 4.78 is 4.89. The number of hydrogen-bond acceptors (Lipinski definition) is 4. The minimum Gasteiger partial charge on any atom is -0.479 e. The molecule has 1 aromatic carbocycles. The van der Waals surface area contributed by atoms with E-state index >= 15 is 0 Å². The molecule has 0 aliphatic rings. The predicted molar refractivity (Wildman–Crippen MR) is 69.4 cm³/mol. The van der Waals surface area contributed by atoms with Crippen LogP contribution in [0.1, 0.15) is 12.5 Å². The van der Waals surface area contributed by atoms with Crippen LogP contribution in [0.15, 0.2) is 30.3 Å². The van der Waals surface area contributed by atoms with E-state index < -0.39 is 23.5 Å². The molecular weight excluding hydrogens is 248 g/mol. The molecule has 0 aliphatic carbocycles. The second-order valence-corrected chi connectivity index (χ2v) is 4.25. The number of carboxylic acid groups (broad SMARTS) is 1. The average molecular weight is 266 g/mol. The fourth-order valence-corrected chi connectivity index (χ4v) is 1.66. The molecule has 1 amide bonds. The maximum atomic E-state index is 11.9. The van der Waals surface area contributed by atoms with Crippen molar-refractivity contribution in [2.24, 2.45) is 5.73 Å². The van der Waals surface area contributed by atoms with Crippen LogP contribution < -0.4 is 11.1 Å². The van der Waals surface area contributed by atoms with E-state index in [0.717, 1.165) is 0 Å². The molecule has 0 saturated heterocycles. The molecule has 0 heterocycles. The van der Waals surface area contributed by atoms with Crippen molar-refractivity contribution in [3.05, 3.63) is 35.9 Å². The molecule has 0 radical (unpaired) electrons. The van der Waals surface area contributed by atoms with Gasteiger partial charge in [0.25, 0.3) is 5.91 Å². The number of nitrogens with two attached hydrogens (primary N) is 1. The average Bonchev–Trinajstić information content (AvgIpc) is 2.40. The Morgan fingerprint density at radius 2 is 2.00 bits per heavy atom. The molecule has 0 saturated carbocycles. The summed E-state index contributed by atoms with van der Waals surface area (Å²) in [6.45, 7) is 1.40. The van der Waals surface area contributed by atoms with Crippen molar-refractivity contribution >= 4 is 11.9 Å². The van der Waals surface area contributed by atoms with E-state index in [9.17, 15) is 14.7 Å². The summed E-state index contributed by atoms with van der Waals surface area (Å²) in [6, 6.07) is 8.46. The van der Waals surface area contributed by atoms with Gasteiger partial charge < -0.3 is 20.9 Å². The van der Waals surface area contributed by atoms with Crippen LogP contribution >= 0.6 is 0 Å². The highest BCUT2D eigenvalue weighted by atomic mass is 16.5. The molecule has 19 heavy (non-hydrogen) atoms. The molecule has 2 atom stereocenters. The van der Waals surface area contributed by atoms with Crippen LogP contribution in [0.3, 0.4) is 0 Å². The molecule has 0 aromatic heterocycles. The molecule has 0 spiro atoms. The van der Waals surface area contributed by atoms with Crippen LogP contribution in [-0.4, -0.2) is 36.7 Å². The molecular formula is C13H18N2O4. The van der Waals surface area contributed by atoms with Crippen molar-refractivity contribution in [1.82, 2.24) is 5.32 Å². The third kappa shape index (κ3) is 3.30. The molecule has 6 heteroatoms. The van der Waals surface area contributed by atoms with E-state index in [-0.39, 0.29) is 6.54 Å². The number of nitrogens with one attached hydrogen (secondary N) is 1. The summed E-state index contributed by atoms with van der Waals surface area (Å²) in [6.07, 6.45) is -0.873. The van der Waals surface area contributed by atoms with Gasteiger partial charge in [0.15, 0.2) is 5.54 Å². The zero-order valence-corrected chi connectivity index (χ0v) is 10.9. The second kappa shape index (κ2) is 6.31. The van der Waals surface area contributed by atoms with Crippen molar-refractivity contribution < 1.29 is 19.4 Å². The summed E-state index contributed by atoms with van der Waals surface area (Å²) in [7, 11) is 1.34. The third-order valence-corrected chi connectivity index (χ3v) is 2.94. The van der Waals surface area contributed by atoms with Crippen molar-refractivity contribution in [3.63, 3.8) is 0 Å². The van der Waals surface area contributed by atoms with Gasteiger partial charge in [0, 0.05) is 13.7 Å². The van der Waals surface area contributed by atoms with E-state index in [1.807, 2.05) is 0 Å². The Hall–Kier alpha value is -1.92. The number of rotatable bonds is 6. The summed E-state index contributed by atoms with van der Waals surface area (Å²) in [5, 5.41) is 11.8. The molecule has 0 aliphatic heterocycles. The normalized spacial score (nSPS) is 15.3. The fourth-order valence-electron chi connectivity index (χ4n) is 1.66. The van der Waals surface area contributed by atoms with E-state index in [1.165, 1.54) is 14.0 Å². The lowest BCUT2D eigenvalue weighted by molar-refractivity contribution is -0.149. The number of carboxylic acids is 1. The van der Waals surface area contributed by atoms with Gasteiger partial charge in [-0.25, -0.2) is 4.79 Å². The van der Waals surface area contributed by atoms with Crippen LogP contribution in [-0.2, 0) is 19.9 Å². The fraction of sp³-hybridized carbons (Fsp3) is 0.385. The SMILES string of the molecule is COC(CN)C(=O)NC(C)(C(=O)O)c1ccccc1. The van der Waals surface area contributed by atoms with E-state index in [4.69, 9.17) is 10.5 Å². The van der Waals surface area contributed by atoms with Crippen molar-refractivity contribution in [1.29, 1.82) is 0 Å². The molecule has 0 bridgehead atoms. The highest BCUT2D eigenvalue weighted by molar-refractivity contribution is 5.89. The maximum Gasteiger partial charge on any atom is 0.333 e. The minimum atomic E-state index is -1.52. The zero-order valence-electron chi connectivity index (χ0n) is 10.9. The molecule has 4 N–H and O–H groups in total. The lowest BCUT2D eigenvalue weighted by Gasteiger charge is -2.28. The minimum absolute atomic E-state index is 0.0210. The smallest absolute Gasteiger partial charge is 0.333 e. The third-order valence-electron chi connectivity index (χ3n) is 2.94. The highest BCUT2D eigenvalue weighted by Crippen LogP contribution is 2.21. The first-order valence-corrected chi connectivity index (χ1v) is 5.79. The van der Waals surface area contributed by atoms with Gasteiger partial charge in [-0.15, -0.1) is 0 Å². The first kappa shape index (κ1) is 15.1. The Bertz CT molecular complexity index is 445. The van der Waals surface area contributed by atoms with Crippen LogP contribution in [0.5, 0.6) is 0 Å².